The zero-order valence-corrected chi connectivity index (χ0v) is 8.24. The standard InChI is InChI=1S/C10H9NO4/c1-5-6(4-11)3-7(15-2)9(12)8(5)10(13)14/h3,12H,1-2H3,(H,13,14). The van der Waals surface area contributed by atoms with Crippen molar-refractivity contribution in [1.82, 2.24) is 0 Å². The molecule has 0 aliphatic carbocycles. The quantitative estimate of drug-likeness (QED) is 0.762. The van der Waals surface area contributed by atoms with Crippen molar-refractivity contribution < 1.29 is 19.7 Å². The van der Waals surface area contributed by atoms with Gasteiger partial charge in [0.2, 0.25) is 0 Å². The summed E-state index contributed by atoms with van der Waals surface area (Å²) in [5.41, 5.74) is 0.0938. The van der Waals surface area contributed by atoms with Crippen LogP contribution in [0.3, 0.4) is 0 Å². The van der Waals surface area contributed by atoms with Crippen molar-refractivity contribution in [3.8, 4) is 17.6 Å². The average Bonchev–Trinajstić information content (AvgIpc) is 2.18. The number of aromatic hydroxyl groups is 1. The van der Waals surface area contributed by atoms with E-state index in [1.165, 1.54) is 20.1 Å². The second-order valence-electron chi connectivity index (χ2n) is 2.89. The molecule has 0 aliphatic rings. The average molecular weight is 207 g/mol. The number of phenols is 1. The number of aromatic carboxylic acids is 1. The third kappa shape index (κ3) is 1.70. The van der Waals surface area contributed by atoms with Crippen LogP contribution in [0, 0.1) is 18.3 Å². The molecule has 0 spiro atoms. The minimum atomic E-state index is -1.29. The lowest BCUT2D eigenvalue weighted by Gasteiger charge is -2.10. The van der Waals surface area contributed by atoms with E-state index in [1.54, 1.807) is 0 Å². The lowest BCUT2D eigenvalue weighted by molar-refractivity contribution is 0.0692. The number of nitriles is 1. The number of hydrogen-bond acceptors (Lipinski definition) is 4. The van der Waals surface area contributed by atoms with Crippen LogP contribution >= 0.6 is 0 Å². The number of nitrogens with zero attached hydrogens (tertiary/aromatic N) is 1. The first-order valence-corrected chi connectivity index (χ1v) is 4.06. The first-order valence-electron chi connectivity index (χ1n) is 4.06. The Kier molecular flexibility index (Phi) is 2.81. The predicted molar refractivity (Wildman–Crippen MR) is 51.1 cm³/mol. The van der Waals surface area contributed by atoms with Crippen LogP contribution in [0.25, 0.3) is 0 Å². The number of methoxy groups -OCH3 is 1. The molecule has 0 aromatic heterocycles. The fourth-order valence-electron chi connectivity index (χ4n) is 1.28. The first kappa shape index (κ1) is 10.9. The first-order chi connectivity index (χ1) is 7.02. The van der Waals surface area contributed by atoms with Gasteiger partial charge in [-0.2, -0.15) is 5.26 Å². The van der Waals surface area contributed by atoms with Crippen LogP contribution in [-0.4, -0.2) is 23.3 Å². The van der Waals surface area contributed by atoms with Crippen LogP contribution in [0.5, 0.6) is 11.5 Å². The summed E-state index contributed by atoms with van der Waals surface area (Å²) in [6.45, 7) is 1.46. The van der Waals surface area contributed by atoms with Crippen LogP contribution in [0.2, 0.25) is 0 Å². The molecule has 0 fully saturated rings. The van der Waals surface area contributed by atoms with Crippen molar-refractivity contribution in [2.75, 3.05) is 7.11 Å². The van der Waals surface area contributed by atoms with Gasteiger partial charge in [0.15, 0.2) is 11.5 Å². The maximum Gasteiger partial charge on any atom is 0.339 e. The number of hydrogen-bond donors (Lipinski definition) is 2. The minimum absolute atomic E-state index is 0.0189. The van der Waals surface area contributed by atoms with Crippen LogP contribution in [0.1, 0.15) is 21.5 Å². The molecule has 0 aliphatic heterocycles. The van der Waals surface area contributed by atoms with Crippen LogP contribution in [0.15, 0.2) is 6.07 Å². The van der Waals surface area contributed by atoms with Gasteiger partial charge in [0.05, 0.1) is 18.7 Å². The summed E-state index contributed by atoms with van der Waals surface area (Å²) in [7, 11) is 1.29. The molecule has 78 valence electrons. The van der Waals surface area contributed by atoms with E-state index < -0.39 is 11.7 Å². The molecule has 1 aromatic carbocycles. The molecule has 0 atom stereocenters. The smallest absolute Gasteiger partial charge is 0.339 e. The molecule has 0 amide bonds. The van der Waals surface area contributed by atoms with E-state index in [0.29, 0.717) is 0 Å². The zero-order valence-electron chi connectivity index (χ0n) is 8.24. The third-order valence-electron chi connectivity index (χ3n) is 2.08. The Bertz CT molecular complexity index is 459. The molecule has 5 nitrogen and oxygen atoms in total. The summed E-state index contributed by atoms with van der Waals surface area (Å²) in [5, 5.41) is 27.2. The Labute approximate surface area is 86.1 Å². The monoisotopic (exact) mass is 207 g/mol. The van der Waals surface area contributed by atoms with Crippen molar-refractivity contribution in [2.24, 2.45) is 0 Å². The molecule has 0 heterocycles. The Balaban J connectivity index is 3.62. The number of carboxylic acid groups (broad SMARTS) is 1. The van der Waals surface area contributed by atoms with Crippen molar-refractivity contribution in [1.29, 1.82) is 5.26 Å². The van der Waals surface area contributed by atoms with Crippen LogP contribution < -0.4 is 4.74 Å². The zero-order chi connectivity index (χ0) is 11.6. The molecule has 0 radical (unpaired) electrons. The number of carboxylic acids is 1. The maximum absolute atomic E-state index is 10.9. The van der Waals surface area contributed by atoms with E-state index in [0.717, 1.165) is 0 Å². The molecule has 5 heteroatoms. The van der Waals surface area contributed by atoms with E-state index >= 15 is 0 Å². The molecule has 1 rings (SSSR count). The van der Waals surface area contributed by atoms with Gasteiger partial charge in [-0.25, -0.2) is 4.79 Å². The Hall–Kier alpha value is -2.22. The highest BCUT2D eigenvalue weighted by Crippen LogP contribution is 2.34. The highest BCUT2D eigenvalue weighted by atomic mass is 16.5. The van der Waals surface area contributed by atoms with E-state index in [2.05, 4.69) is 0 Å². The summed E-state index contributed by atoms with van der Waals surface area (Å²) in [5.74, 6) is -1.77. The Morgan fingerprint density at radius 3 is 2.60 bits per heavy atom. The molecule has 0 saturated carbocycles. The molecule has 0 unspecified atom stereocenters. The second kappa shape index (κ2) is 3.88. The SMILES string of the molecule is COc1cc(C#N)c(C)c(C(=O)O)c1O. The van der Waals surface area contributed by atoms with Crippen molar-refractivity contribution in [3.05, 3.63) is 22.8 Å². The molecule has 0 bridgehead atoms. The minimum Gasteiger partial charge on any atom is -0.504 e. The molecular weight excluding hydrogens is 198 g/mol. The van der Waals surface area contributed by atoms with E-state index in [9.17, 15) is 9.90 Å². The molecule has 0 saturated heterocycles. The Morgan fingerprint density at radius 1 is 1.60 bits per heavy atom. The summed E-state index contributed by atoms with van der Waals surface area (Å²) in [6, 6.07) is 3.14. The maximum atomic E-state index is 10.9. The highest BCUT2D eigenvalue weighted by molar-refractivity contribution is 5.94. The van der Waals surface area contributed by atoms with Gasteiger partial charge in [-0.1, -0.05) is 0 Å². The van der Waals surface area contributed by atoms with Gasteiger partial charge in [0.25, 0.3) is 0 Å². The number of ether oxygens (including phenoxy) is 1. The lowest BCUT2D eigenvalue weighted by Crippen LogP contribution is -2.03. The molecule has 1 aromatic rings. The predicted octanol–water partition coefficient (Wildman–Crippen LogP) is 1.28. The molecule has 2 N–H and O–H groups in total. The van der Waals surface area contributed by atoms with E-state index in [1.807, 2.05) is 6.07 Å². The summed E-state index contributed by atoms with van der Waals surface area (Å²) in [6.07, 6.45) is 0. The topological polar surface area (TPSA) is 90.5 Å². The summed E-state index contributed by atoms with van der Waals surface area (Å²) in [4.78, 5) is 10.9. The molecule has 15 heavy (non-hydrogen) atoms. The van der Waals surface area contributed by atoms with Gasteiger partial charge in [0.1, 0.15) is 5.56 Å². The second-order valence-corrected chi connectivity index (χ2v) is 2.89. The summed E-state index contributed by atoms with van der Waals surface area (Å²) < 4.78 is 4.77. The molecular formula is C10H9NO4. The van der Waals surface area contributed by atoms with Crippen LogP contribution in [0.4, 0.5) is 0 Å². The van der Waals surface area contributed by atoms with Crippen LogP contribution in [-0.2, 0) is 0 Å². The van der Waals surface area contributed by atoms with E-state index in [4.69, 9.17) is 15.1 Å². The Morgan fingerprint density at radius 2 is 2.20 bits per heavy atom. The van der Waals surface area contributed by atoms with Gasteiger partial charge in [-0.15, -0.1) is 0 Å². The van der Waals surface area contributed by atoms with Gasteiger partial charge in [-0.3, -0.25) is 0 Å². The van der Waals surface area contributed by atoms with E-state index in [-0.39, 0.29) is 22.4 Å². The fraction of sp³-hybridized carbons (Fsp3) is 0.200. The largest absolute Gasteiger partial charge is 0.504 e. The van der Waals surface area contributed by atoms with Crippen molar-refractivity contribution in [3.63, 3.8) is 0 Å². The van der Waals surface area contributed by atoms with Crippen molar-refractivity contribution >= 4 is 5.97 Å². The van der Waals surface area contributed by atoms with Gasteiger partial charge < -0.3 is 14.9 Å². The highest BCUT2D eigenvalue weighted by Gasteiger charge is 2.20. The van der Waals surface area contributed by atoms with Gasteiger partial charge >= 0.3 is 5.97 Å². The normalized spacial score (nSPS) is 9.40. The third-order valence-corrected chi connectivity index (χ3v) is 2.08. The lowest BCUT2D eigenvalue weighted by atomic mass is 10.0. The fourth-order valence-corrected chi connectivity index (χ4v) is 1.28. The van der Waals surface area contributed by atoms with Gasteiger partial charge in [0, 0.05) is 6.07 Å². The number of benzene rings is 1. The number of rotatable bonds is 2. The van der Waals surface area contributed by atoms with Crippen molar-refractivity contribution in [2.45, 2.75) is 6.92 Å². The van der Waals surface area contributed by atoms with Gasteiger partial charge in [-0.05, 0) is 12.5 Å². The number of carbonyl (C=O) groups is 1. The summed E-state index contributed by atoms with van der Waals surface area (Å²) >= 11 is 0.